The third-order valence-corrected chi connectivity index (χ3v) is 21.4. The number of aromatic amines is 2. The van der Waals surface area contributed by atoms with Crippen LogP contribution in [0.4, 0.5) is 23.5 Å². The zero-order chi connectivity index (χ0) is 84.7. The number of nitrogens with zero attached hydrogens (tertiary/aromatic N) is 10. The van der Waals surface area contributed by atoms with E-state index in [4.69, 9.17) is 85.6 Å². The highest BCUT2D eigenvalue weighted by Crippen LogP contribution is 2.55. The van der Waals surface area contributed by atoms with Gasteiger partial charge in [-0.2, -0.15) is 19.9 Å². The van der Waals surface area contributed by atoms with E-state index in [1.807, 2.05) is 69.2 Å². The summed E-state index contributed by atoms with van der Waals surface area (Å²) in [6.45, 7) is 46.7. The van der Waals surface area contributed by atoms with Crippen LogP contribution in [0.25, 0.3) is 22.3 Å². The second-order valence-electron chi connectivity index (χ2n) is 37.8. The molecule has 6 aromatic rings. The molecule has 40 heteroatoms. The molecule has 112 heavy (non-hydrogen) atoms. The molecule has 36 nitrogen and oxygen atoms in total. The topological polar surface area (TPSA) is 497 Å². The number of anilines is 4. The van der Waals surface area contributed by atoms with Gasteiger partial charge in [-0.1, -0.05) is 83.1 Å². The third kappa shape index (κ3) is 28.3. The number of imidazole rings is 2. The van der Waals surface area contributed by atoms with Crippen LogP contribution in [0.1, 0.15) is 254 Å². The van der Waals surface area contributed by atoms with Crippen molar-refractivity contribution < 1.29 is 74.6 Å². The number of nitrogens with one attached hydrogen (secondary N) is 2. The van der Waals surface area contributed by atoms with E-state index in [-0.39, 0.29) is 111 Å². The molecule has 10 heterocycles. The maximum atomic E-state index is 12.6. The summed E-state index contributed by atoms with van der Waals surface area (Å²) < 4.78 is 95.0. The van der Waals surface area contributed by atoms with Crippen molar-refractivity contribution in [2.24, 2.45) is 21.7 Å². The maximum Gasteiger partial charge on any atom is 0.473 e. The van der Waals surface area contributed by atoms with Crippen molar-refractivity contribution in [1.29, 1.82) is 0 Å². The quantitative estimate of drug-likeness (QED) is 0.0361. The number of ether oxygens (including phenoxy) is 5. The van der Waals surface area contributed by atoms with E-state index < -0.39 is 105 Å². The second-order valence-corrected chi connectivity index (χ2v) is 43.2. The van der Waals surface area contributed by atoms with E-state index >= 15 is 0 Å². The molecule has 4 aliphatic rings. The minimum Gasteiger partial charge on any atom is -0.383 e. The molecule has 13 N–H and O–H groups in total. The number of fused-ring (bicyclic) bond motifs is 2. The highest BCUT2D eigenvalue weighted by molar-refractivity contribution is 8.07. The Labute approximate surface area is 659 Å². The van der Waals surface area contributed by atoms with Gasteiger partial charge in [0.25, 0.3) is 11.1 Å². The van der Waals surface area contributed by atoms with E-state index in [0.29, 0.717) is 43.3 Å². The summed E-state index contributed by atoms with van der Waals surface area (Å²) in [7, 11) is -8.65. The average Bonchev–Trinajstić information content (AvgIpc) is 1.63. The number of rotatable bonds is 18. The Bertz CT molecular complexity index is 4460. The highest BCUT2D eigenvalue weighted by atomic mass is 32.5. The van der Waals surface area contributed by atoms with Gasteiger partial charge in [0.2, 0.25) is 11.9 Å². The molecular weight excluding hydrogens is 1530 g/mol. The third-order valence-electron chi connectivity index (χ3n) is 16.9. The average molecular weight is 1660 g/mol. The first-order chi connectivity index (χ1) is 50.7. The van der Waals surface area contributed by atoms with Gasteiger partial charge in [-0.05, 0) is 156 Å². The van der Waals surface area contributed by atoms with Crippen molar-refractivity contribution in [2.45, 2.75) is 328 Å². The molecule has 0 amide bonds. The number of nitrogens with two attached hydrogens (primary N) is 4. The van der Waals surface area contributed by atoms with E-state index in [1.165, 1.54) is 21.8 Å². The largest absolute Gasteiger partial charge is 0.473 e. The Morgan fingerprint density at radius 3 is 1.03 bits per heavy atom. The van der Waals surface area contributed by atoms with Crippen LogP contribution in [-0.2, 0) is 71.8 Å². The Morgan fingerprint density at radius 1 is 0.446 bits per heavy atom. The number of hydrogen-bond donors (Lipinski definition) is 9. The molecule has 15 atom stereocenters. The van der Waals surface area contributed by atoms with Crippen LogP contribution in [0.3, 0.4) is 0 Å². The van der Waals surface area contributed by atoms with Crippen LogP contribution in [0.15, 0.2) is 44.2 Å². The Balaban J connectivity index is 0.000000208. The molecule has 4 fully saturated rings. The van der Waals surface area contributed by atoms with Crippen molar-refractivity contribution in [3.63, 3.8) is 0 Å². The van der Waals surface area contributed by atoms with Crippen molar-refractivity contribution in [1.82, 2.24) is 58.1 Å². The molecular formula is C72H123N16O20P3S. The zero-order valence-electron chi connectivity index (χ0n) is 69.7. The van der Waals surface area contributed by atoms with Crippen molar-refractivity contribution in [3.05, 3.63) is 77.9 Å². The summed E-state index contributed by atoms with van der Waals surface area (Å²) in [6.07, 6.45) is 4.90. The lowest BCUT2D eigenvalue weighted by molar-refractivity contribution is -0.102. The summed E-state index contributed by atoms with van der Waals surface area (Å²) in [5.41, 5.74) is 20.5. The van der Waals surface area contributed by atoms with E-state index in [9.17, 15) is 43.0 Å². The predicted molar refractivity (Wildman–Crippen MR) is 429 cm³/mol. The van der Waals surface area contributed by atoms with Crippen LogP contribution >= 0.6 is 22.4 Å². The standard InChI is InChI=1S/C18H30N5O6P.C18H30N5O5PS.C18H32N3O6P.C18H31N3O3/c1-17(2,3)8-11-10(28-30(25,26)29-18(4,5)6)7-12(27-11)23-9-20-13-14(23)21-16(19)22-15(13)24;1-17(2,3)8-11-10(27-29(25,30)28-18(4,5)6)7-12(26-11)23-9-20-13-14(23)21-16(19)22-15(13)24;1-11-10-21(16(22)20-15(11)19)14-8-12(13(25-14)9-17(2,3)4)26-28(23,24)27-18(5,6)7;1-11-10-21(16(22)20-15(11)19)14-8-12(24-18(5,6)7)13(23-14)9-17(2,3)4/h9-12H,7-8H2,1-6H3,(H,25,26)(H3,19,21,22,24);9-12H,7-8H2,1-6H3,(H,25,30)(H3,19,21,22,24);10,12-14H,8-9H2,1-7H3,(H,23,24)(H2,19,20,22);10,12-14H,8-9H2,1-7H3,(H2,19,20,22)/t10-,11-,12-;10-,11-,12-,29?;2*12-,13-,14-/m1111/s1. The minimum absolute atomic E-state index is 0.00396. The van der Waals surface area contributed by atoms with Gasteiger partial charge in [0.15, 0.2) is 22.3 Å². The van der Waals surface area contributed by atoms with Crippen LogP contribution in [0.5, 0.6) is 0 Å². The lowest BCUT2D eigenvalue weighted by Crippen LogP contribution is -2.35. The summed E-state index contributed by atoms with van der Waals surface area (Å²) in [5, 5.41) is 0. The van der Waals surface area contributed by atoms with Gasteiger partial charge in [-0.15, -0.1) is 0 Å². The van der Waals surface area contributed by atoms with Gasteiger partial charge >= 0.3 is 33.7 Å². The molecule has 0 aliphatic carbocycles. The van der Waals surface area contributed by atoms with Gasteiger partial charge < -0.3 is 70.3 Å². The maximum absolute atomic E-state index is 12.6. The number of H-pyrrole nitrogens is 2. The Kier molecular flexibility index (Phi) is 29.0. The molecule has 632 valence electrons. The summed E-state index contributed by atoms with van der Waals surface area (Å²) in [5.74, 6) is 0.389. The molecule has 0 radical (unpaired) electrons. The molecule has 4 saturated heterocycles. The molecule has 4 aliphatic heterocycles. The lowest BCUT2D eigenvalue weighted by Gasteiger charge is -2.31. The first kappa shape index (κ1) is 93.4. The van der Waals surface area contributed by atoms with E-state index in [1.54, 1.807) is 90.8 Å². The van der Waals surface area contributed by atoms with Crippen molar-refractivity contribution in [2.75, 3.05) is 22.9 Å². The minimum atomic E-state index is -4.33. The van der Waals surface area contributed by atoms with Crippen LogP contribution in [0.2, 0.25) is 0 Å². The normalized spacial score (nSPS) is 25.2. The number of hydrogen-bond acceptors (Lipinski definition) is 28. The fourth-order valence-corrected chi connectivity index (χ4v) is 17.9. The highest BCUT2D eigenvalue weighted by Gasteiger charge is 2.48. The molecule has 6 aromatic heterocycles. The first-order valence-electron chi connectivity index (χ1n) is 37.3. The summed E-state index contributed by atoms with van der Waals surface area (Å²) in [4.78, 5) is 109. The Hall–Kier alpha value is -5.79. The van der Waals surface area contributed by atoms with Gasteiger partial charge in [0.1, 0.15) is 36.5 Å². The van der Waals surface area contributed by atoms with E-state index in [0.717, 1.165) is 12.0 Å². The van der Waals surface area contributed by atoms with Crippen molar-refractivity contribution >= 4 is 80.0 Å². The Morgan fingerprint density at radius 2 is 0.732 bits per heavy atom. The molecule has 0 aromatic carbocycles. The first-order valence-corrected chi connectivity index (χ1v) is 42.9. The number of aromatic nitrogens is 12. The van der Waals surface area contributed by atoms with Gasteiger partial charge in [0, 0.05) is 49.2 Å². The molecule has 10 rings (SSSR count). The number of aryl methyl sites for hydroxylation is 2. The summed E-state index contributed by atoms with van der Waals surface area (Å²) in [6, 6.07) is 0. The SMILES string of the molecule is CC(C)(C)C[C@H]1O[C@@H](n2cnc3c(=O)[nH]c(N)nc32)C[C@H]1OP(=O)(O)OC(C)(C)C.CC(C)(C)C[C@H]1O[C@@H](n2cnc3c(=O)[nH]c(N)nc32)C[C@H]1OP(O)(=S)OC(C)(C)C.Cc1cn([C@H]2C[C@@H](OC(C)(C)C)[C@@H](CC(C)(C)C)O2)c(=O)nc1N.Cc1cn([C@H]2C[C@@H](OP(=O)(O)OC(C)(C)C)[C@@H](CC(C)(C)C)O2)c(=O)nc1N. The molecule has 0 saturated carbocycles. The van der Waals surface area contributed by atoms with Crippen LogP contribution < -0.4 is 45.4 Å². The predicted octanol–water partition coefficient (Wildman–Crippen LogP) is 11.8. The van der Waals surface area contributed by atoms with Crippen LogP contribution in [0, 0.1) is 35.5 Å². The smallest absolute Gasteiger partial charge is 0.383 e. The molecule has 3 unspecified atom stereocenters. The van der Waals surface area contributed by atoms with Gasteiger partial charge in [0.05, 0.1) is 83.9 Å². The lowest BCUT2D eigenvalue weighted by atomic mass is 9.87. The second kappa shape index (κ2) is 34.8. The zero-order valence-corrected chi connectivity index (χ0v) is 73.2. The van der Waals surface area contributed by atoms with Gasteiger partial charge in [-0.25, -0.2) is 28.7 Å². The summed E-state index contributed by atoms with van der Waals surface area (Å²) >= 11 is 5.25. The monoisotopic (exact) mass is 1660 g/mol. The van der Waals surface area contributed by atoms with Crippen molar-refractivity contribution in [3.8, 4) is 0 Å². The molecule has 0 bridgehead atoms. The number of phosphoric acid groups is 2. The van der Waals surface area contributed by atoms with E-state index in [2.05, 4.69) is 81.4 Å². The number of nitrogen functional groups attached to an aromatic ring is 4. The fraction of sp³-hybridized carbons (Fsp3) is 0.750. The van der Waals surface area contributed by atoms with Crippen LogP contribution in [-0.4, -0.2) is 144 Å². The molecule has 0 spiro atoms. The number of phosphoric ester groups is 2. The fourth-order valence-electron chi connectivity index (χ4n) is 13.0. The van der Waals surface area contributed by atoms with Gasteiger partial charge in [-0.3, -0.25) is 55.9 Å².